The molecule has 16 nitrogen and oxygen atoms in total. The van der Waals surface area contributed by atoms with Crippen LogP contribution in [0.25, 0.3) is 0 Å². The lowest BCUT2D eigenvalue weighted by Crippen LogP contribution is -2.49. The Balaban J connectivity index is 0.000000215. The number of hydrogen-bond donors (Lipinski definition) is 7. The fourth-order valence-corrected chi connectivity index (χ4v) is 7.79. The van der Waals surface area contributed by atoms with E-state index < -0.39 is 31.1 Å². The molecule has 2 aliphatic heterocycles. The summed E-state index contributed by atoms with van der Waals surface area (Å²) in [7, 11) is -2.13. The summed E-state index contributed by atoms with van der Waals surface area (Å²) in [6.45, 7) is 8.03. The average molecular weight is 845 g/mol. The van der Waals surface area contributed by atoms with Crippen molar-refractivity contribution in [1.82, 2.24) is 19.4 Å². The van der Waals surface area contributed by atoms with Gasteiger partial charge in [0.1, 0.15) is 0 Å². The third kappa shape index (κ3) is 15.7. The maximum atomic E-state index is 12.8. The minimum Gasteiger partial charge on any atom is -0.395 e. The van der Waals surface area contributed by atoms with Crippen LogP contribution in [-0.2, 0) is 19.1 Å². The molecule has 4 aromatic carbocycles. The second-order valence-corrected chi connectivity index (χ2v) is 17.2. The van der Waals surface area contributed by atoms with Crippen LogP contribution in [0.1, 0.15) is 0 Å². The van der Waals surface area contributed by atoms with Crippen molar-refractivity contribution in [2.24, 2.45) is 0 Å². The van der Waals surface area contributed by atoms with Gasteiger partial charge in [-0.25, -0.2) is 26.4 Å². The van der Waals surface area contributed by atoms with Gasteiger partial charge >= 0.3 is 12.1 Å². The van der Waals surface area contributed by atoms with Crippen molar-refractivity contribution in [2.75, 3.05) is 99.9 Å². The Morgan fingerprint density at radius 3 is 1.30 bits per heavy atom. The molecule has 2 aliphatic rings. The van der Waals surface area contributed by atoms with Gasteiger partial charge in [-0.05, 0) is 72.8 Å². The fourth-order valence-electron chi connectivity index (χ4n) is 5.60. The zero-order valence-electron chi connectivity index (χ0n) is 31.3. The monoisotopic (exact) mass is 844 g/mol. The number of amides is 4. The number of nitrogens with one attached hydrogen (secondary N) is 5. The van der Waals surface area contributed by atoms with Crippen molar-refractivity contribution in [3.05, 3.63) is 109 Å². The van der Waals surface area contributed by atoms with Gasteiger partial charge in [-0.15, -0.1) is 0 Å². The molecule has 2 heterocycles. The van der Waals surface area contributed by atoms with Crippen LogP contribution >= 0.6 is 10.7 Å². The Bertz CT molecular complexity index is 2030. The fraction of sp³-hybridized carbons (Fsp3) is 0.316. The number of hydrogen-bond acceptors (Lipinski definition) is 11. The first kappa shape index (κ1) is 45.1. The summed E-state index contributed by atoms with van der Waals surface area (Å²) in [4.78, 5) is 28.2. The summed E-state index contributed by atoms with van der Waals surface area (Å²) in [6.07, 6.45) is 0. The van der Waals surface area contributed by atoms with Gasteiger partial charge in [0.15, 0.2) is 0 Å². The lowest BCUT2D eigenvalue weighted by Gasteiger charge is -2.33. The Hall–Kier alpha value is -4.63. The molecule has 19 heteroatoms. The van der Waals surface area contributed by atoms with E-state index in [4.69, 9.17) is 20.9 Å². The van der Waals surface area contributed by atoms with Crippen LogP contribution in [0.3, 0.4) is 0 Å². The highest BCUT2D eigenvalue weighted by atomic mass is 35.7. The molecule has 4 aromatic rings. The second kappa shape index (κ2) is 22.9. The summed E-state index contributed by atoms with van der Waals surface area (Å²) in [6, 6.07) is 28.9. The molecule has 308 valence electrons. The number of carbonyl (C=O) groups excluding carboxylic acids is 2. The second-order valence-electron chi connectivity index (χ2n) is 12.7. The maximum absolute atomic E-state index is 12.8. The first-order valence-corrected chi connectivity index (χ1v) is 21.9. The summed E-state index contributed by atoms with van der Waals surface area (Å²) in [5.41, 5.74) is 2.28. The lowest BCUT2D eigenvalue weighted by molar-refractivity contribution is 0.151. The molecule has 0 aromatic heterocycles. The molecular weight excluding hydrogens is 796 g/mol. The number of benzene rings is 4. The number of aliphatic hydroxyl groups is 2. The molecule has 0 bridgehead atoms. The zero-order valence-corrected chi connectivity index (χ0v) is 33.6. The molecule has 57 heavy (non-hydrogen) atoms. The van der Waals surface area contributed by atoms with Crippen LogP contribution in [0.5, 0.6) is 0 Å². The summed E-state index contributed by atoms with van der Waals surface area (Å²) in [5.74, 6) is 0. The number of sulfonamides is 1. The number of rotatable bonds is 11. The number of carbonyl (C=O) groups is 2. The van der Waals surface area contributed by atoms with Crippen molar-refractivity contribution in [1.29, 1.82) is 0 Å². The maximum Gasteiger partial charge on any atom is 0.323 e. The van der Waals surface area contributed by atoms with Gasteiger partial charge in [-0.2, -0.15) is 4.31 Å². The van der Waals surface area contributed by atoms with E-state index in [0.29, 0.717) is 62.1 Å². The van der Waals surface area contributed by atoms with Crippen LogP contribution in [0.4, 0.5) is 32.3 Å². The molecule has 4 amide bonds. The van der Waals surface area contributed by atoms with E-state index >= 15 is 0 Å². The Kier molecular flexibility index (Phi) is 18.1. The number of piperazine rings is 2. The molecule has 2 saturated heterocycles. The quantitative estimate of drug-likeness (QED) is 0.108. The van der Waals surface area contributed by atoms with E-state index in [1.54, 1.807) is 48.5 Å². The Morgan fingerprint density at radius 1 is 0.544 bits per heavy atom. The number of β-amino-alcohol motifs (C(OH)–C–C–N with tert-alkyl or cyclic N) is 2. The topological polar surface area (TPSA) is 213 Å². The standard InChI is InChI=1S/C19H24N4O4S.C13H11ClN2O3S.C6H14N2O/c24-15-14-22-10-12-23(13-11-22)28(26,27)18-8-6-17(7-9-18)21-19(25)20-16-4-2-1-3-5-16;14-20(18,19)12-8-6-11(7-9-12)16-13(17)15-10-4-2-1-3-5-10;9-6-5-8-3-1-7-2-4-8/h1-9,24H,10-15H2,(H2,20,21,25);1-9H,(H2,15,16,17);7,9H,1-6H2. The lowest BCUT2D eigenvalue weighted by atomic mass is 10.3. The molecule has 0 radical (unpaired) electrons. The van der Waals surface area contributed by atoms with Crippen molar-refractivity contribution in [3.8, 4) is 0 Å². The highest BCUT2D eigenvalue weighted by Crippen LogP contribution is 2.21. The van der Waals surface area contributed by atoms with Crippen LogP contribution in [0, 0.1) is 0 Å². The van der Waals surface area contributed by atoms with Crippen LogP contribution < -0.4 is 26.6 Å². The zero-order chi connectivity index (χ0) is 41.1. The number of urea groups is 2. The smallest absolute Gasteiger partial charge is 0.323 e. The predicted molar refractivity (Wildman–Crippen MR) is 223 cm³/mol. The first-order chi connectivity index (χ1) is 27.4. The number of anilines is 4. The van der Waals surface area contributed by atoms with Gasteiger partial charge < -0.3 is 36.8 Å². The van der Waals surface area contributed by atoms with Gasteiger partial charge in [0.05, 0.1) is 23.0 Å². The highest BCUT2D eigenvalue weighted by Gasteiger charge is 2.28. The molecule has 0 saturated carbocycles. The Labute approximate surface area is 338 Å². The van der Waals surface area contributed by atoms with Crippen LogP contribution in [0.15, 0.2) is 119 Å². The molecule has 0 atom stereocenters. The van der Waals surface area contributed by atoms with E-state index in [2.05, 4.69) is 31.5 Å². The minimum atomic E-state index is -3.75. The van der Waals surface area contributed by atoms with E-state index in [0.717, 1.165) is 32.7 Å². The van der Waals surface area contributed by atoms with Gasteiger partial charge in [-0.1, -0.05) is 36.4 Å². The summed E-state index contributed by atoms with van der Waals surface area (Å²) >= 11 is 0. The molecule has 7 N–H and O–H groups in total. The van der Waals surface area contributed by atoms with Crippen molar-refractivity contribution in [2.45, 2.75) is 9.79 Å². The van der Waals surface area contributed by atoms with Gasteiger partial charge in [0.2, 0.25) is 10.0 Å². The third-order valence-electron chi connectivity index (χ3n) is 8.58. The third-order valence-corrected chi connectivity index (χ3v) is 11.9. The average Bonchev–Trinajstić information content (AvgIpc) is 3.20. The van der Waals surface area contributed by atoms with E-state index in [-0.39, 0.29) is 16.4 Å². The van der Waals surface area contributed by atoms with Crippen molar-refractivity contribution >= 4 is 64.6 Å². The van der Waals surface area contributed by atoms with E-state index in [1.165, 1.54) is 40.7 Å². The van der Waals surface area contributed by atoms with Gasteiger partial charge in [0.25, 0.3) is 9.05 Å². The normalized spacial score (nSPS) is 15.1. The molecule has 2 fully saturated rings. The Morgan fingerprint density at radius 2 is 0.912 bits per heavy atom. The number of para-hydroxylation sites is 2. The van der Waals surface area contributed by atoms with Crippen molar-refractivity contribution in [3.63, 3.8) is 0 Å². The number of nitrogens with zero attached hydrogens (tertiary/aromatic N) is 3. The SMILES string of the molecule is O=C(Nc1ccccc1)Nc1ccc(S(=O)(=O)Cl)cc1.O=C(Nc1ccccc1)Nc1ccc(S(=O)(=O)N2CCN(CCO)CC2)cc1.OCCN1CCNCC1. The largest absolute Gasteiger partial charge is 0.395 e. The summed E-state index contributed by atoms with van der Waals surface area (Å²) < 4.78 is 49.2. The first-order valence-electron chi connectivity index (χ1n) is 18.2. The van der Waals surface area contributed by atoms with Crippen molar-refractivity contribution < 1.29 is 36.6 Å². The van der Waals surface area contributed by atoms with Crippen LogP contribution in [-0.4, -0.2) is 132 Å². The van der Waals surface area contributed by atoms with Gasteiger partial charge in [0, 0.05) is 98.9 Å². The van der Waals surface area contributed by atoms with Crippen LogP contribution in [0.2, 0.25) is 0 Å². The molecule has 0 unspecified atom stereocenters. The molecular formula is C38H49ClN8O8S2. The molecule has 6 rings (SSSR count). The minimum absolute atomic E-state index is 0.0202. The molecule has 0 aliphatic carbocycles. The molecule has 0 spiro atoms. The summed E-state index contributed by atoms with van der Waals surface area (Å²) in [5, 5.41) is 31.4. The van der Waals surface area contributed by atoms with E-state index in [1.807, 2.05) is 29.2 Å². The predicted octanol–water partition coefficient (Wildman–Crippen LogP) is 3.77. The highest BCUT2D eigenvalue weighted by molar-refractivity contribution is 8.13. The number of aliphatic hydroxyl groups excluding tert-OH is 2. The van der Waals surface area contributed by atoms with Gasteiger partial charge in [-0.3, -0.25) is 9.80 Å². The van der Waals surface area contributed by atoms with E-state index in [9.17, 15) is 26.4 Å². The number of halogens is 1.